The molecular weight excluding hydrogens is 220 g/mol. The minimum absolute atomic E-state index is 0.243. The second-order valence-corrected chi connectivity index (χ2v) is 5.07. The number of hydrogen-bond acceptors (Lipinski definition) is 3. The highest BCUT2D eigenvalue weighted by Gasteiger charge is 2.19. The van der Waals surface area contributed by atoms with Gasteiger partial charge in [0, 0.05) is 23.7 Å². The molecule has 16 heavy (non-hydrogen) atoms. The first kappa shape index (κ1) is 11.3. The largest absolute Gasteiger partial charge is 0.399 e. The molecule has 2 N–H and O–H groups in total. The Labute approximate surface area is 100.0 Å². The van der Waals surface area contributed by atoms with Crippen LogP contribution >= 0.6 is 11.8 Å². The standard InChI is InChI=1S/C12H16N2OS/c1-9-7-10(13)3-4-11(9)16-8-12(15)14-5-2-6-14/h3-4,7H,2,5-6,8,13H2,1H3. The summed E-state index contributed by atoms with van der Waals surface area (Å²) >= 11 is 1.59. The number of likely N-dealkylation sites (tertiary alicyclic amines) is 1. The predicted molar refractivity (Wildman–Crippen MR) is 67.5 cm³/mol. The van der Waals surface area contributed by atoms with Gasteiger partial charge in [0.15, 0.2) is 0 Å². The van der Waals surface area contributed by atoms with Gasteiger partial charge in [-0.1, -0.05) is 0 Å². The van der Waals surface area contributed by atoms with E-state index in [-0.39, 0.29) is 5.91 Å². The van der Waals surface area contributed by atoms with Gasteiger partial charge in [0.1, 0.15) is 0 Å². The highest BCUT2D eigenvalue weighted by atomic mass is 32.2. The van der Waals surface area contributed by atoms with Crippen LogP contribution in [0.25, 0.3) is 0 Å². The summed E-state index contributed by atoms with van der Waals surface area (Å²) in [5.74, 6) is 0.776. The fourth-order valence-corrected chi connectivity index (χ4v) is 2.54. The van der Waals surface area contributed by atoms with Crippen molar-refractivity contribution in [2.24, 2.45) is 0 Å². The molecule has 0 aliphatic carbocycles. The Kier molecular flexibility index (Phi) is 3.39. The van der Waals surface area contributed by atoms with E-state index >= 15 is 0 Å². The molecule has 0 saturated carbocycles. The molecule has 2 rings (SSSR count). The average molecular weight is 236 g/mol. The van der Waals surface area contributed by atoms with Gasteiger partial charge in [0.25, 0.3) is 0 Å². The van der Waals surface area contributed by atoms with Crippen molar-refractivity contribution in [3.05, 3.63) is 23.8 Å². The third-order valence-electron chi connectivity index (χ3n) is 2.76. The number of carbonyl (C=O) groups is 1. The lowest BCUT2D eigenvalue weighted by molar-refractivity contribution is -0.131. The number of anilines is 1. The highest BCUT2D eigenvalue weighted by Crippen LogP contribution is 2.24. The molecule has 1 aliphatic rings. The second kappa shape index (κ2) is 4.78. The van der Waals surface area contributed by atoms with Gasteiger partial charge in [-0.05, 0) is 37.1 Å². The first-order chi connectivity index (χ1) is 7.66. The van der Waals surface area contributed by atoms with Crippen LogP contribution in [0.5, 0.6) is 0 Å². The third kappa shape index (κ3) is 2.50. The van der Waals surface area contributed by atoms with E-state index in [0.717, 1.165) is 35.7 Å². The zero-order valence-corrected chi connectivity index (χ0v) is 10.2. The number of nitrogens with two attached hydrogens (primary N) is 1. The molecule has 0 atom stereocenters. The maximum Gasteiger partial charge on any atom is 0.232 e. The van der Waals surface area contributed by atoms with Crippen LogP contribution in [0.2, 0.25) is 0 Å². The molecular formula is C12H16N2OS. The molecule has 1 heterocycles. The van der Waals surface area contributed by atoms with Crippen molar-refractivity contribution in [3.8, 4) is 0 Å². The molecule has 1 aromatic rings. The Morgan fingerprint density at radius 3 is 2.81 bits per heavy atom. The van der Waals surface area contributed by atoms with Gasteiger partial charge in [0.2, 0.25) is 5.91 Å². The lowest BCUT2D eigenvalue weighted by Crippen LogP contribution is -2.43. The number of nitrogen functional groups attached to an aromatic ring is 1. The average Bonchev–Trinajstić information content (AvgIpc) is 2.13. The van der Waals surface area contributed by atoms with Crippen molar-refractivity contribution in [1.29, 1.82) is 0 Å². The second-order valence-electron chi connectivity index (χ2n) is 4.05. The van der Waals surface area contributed by atoms with Gasteiger partial charge in [-0.15, -0.1) is 11.8 Å². The van der Waals surface area contributed by atoms with E-state index in [1.54, 1.807) is 11.8 Å². The molecule has 0 bridgehead atoms. The molecule has 1 fully saturated rings. The Balaban J connectivity index is 1.91. The molecule has 0 unspecified atom stereocenters. The van der Waals surface area contributed by atoms with Crippen LogP contribution < -0.4 is 5.73 Å². The van der Waals surface area contributed by atoms with Crippen LogP contribution in [-0.2, 0) is 4.79 Å². The summed E-state index contributed by atoms with van der Waals surface area (Å²) < 4.78 is 0. The normalized spacial score (nSPS) is 14.7. The summed E-state index contributed by atoms with van der Waals surface area (Å²) in [6.45, 7) is 3.88. The van der Waals surface area contributed by atoms with Gasteiger partial charge in [-0.3, -0.25) is 4.79 Å². The molecule has 1 aliphatic heterocycles. The number of carbonyl (C=O) groups excluding carboxylic acids is 1. The molecule has 0 spiro atoms. The van der Waals surface area contributed by atoms with E-state index < -0.39 is 0 Å². The number of rotatable bonds is 3. The van der Waals surface area contributed by atoms with Crippen molar-refractivity contribution in [2.75, 3.05) is 24.6 Å². The van der Waals surface area contributed by atoms with Crippen LogP contribution in [-0.4, -0.2) is 29.6 Å². The van der Waals surface area contributed by atoms with E-state index in [4.69, 9.17) is 5.73 Å². The van der Waals surface area contributed by atoms with Gasteiger partial charge in [0.05, 0.1) is 5.75 Å². The molecule has 86 valence electrons. The number of thioether (sulfide) groups is 1. The van der Waals surface area contributed by atoms with Gasteiger partial charge in [-0.25, -0.2) is 0 Å². The molecule has 0 radical (unpaired) electrons. The quantitative estimate of drug-likeness (QED) is 0.644. The highest BCUT2D eigenvalue weighted by molar-refractivity contribution is 8.00. The maximum atomic E-state index is 11.7. The molecule has 3 nitrogen and oxygen atoms in total. The Morgan fingerprint density at radius 1 is 1.50 bits per heavy atom. The van der Waals surface area contributed by atoms with Gasteiger partial charge in [-0.2, -0.15) is 0 Å². The smallest absolute Gasteiger partial charge is 0.232 e. The van der Waals surface area contributed by atoms with Gasteiger partial charge < -0.3 is 10.6 Å². The first-order valence-electron chi connectivity index (χ1n) is 5.43. The summed E-state index contributed by atoms with van der Waals surface area (Å²) in [4.78, 5) is 14.7. The van der Waals surface area contributed by atoms with E-state index in [1.807, 2.05) is 30.0 Å². The Morgan fingerprint density at radius 2 is 2.25 bits per heavy atom. The third-order valence-corrected chi connectivity index (χ3v) is 3.92. The fourth-order valence-electron chi connectivity index (χ4n) is 1.63. The van der Waals surface area contributed by atoms with E-state index in [1.165, 1.54) is 0 Å². The molecule has 1 saturated heterocycles. The van der Waals surface area contributed by atoms with Crippen molar-refractivity contribution < 1.29 is 4.79 Å². The van der Waals surface area contributed by atoms with Crippen LogP contribution in [0, 0.1) is 6.92 Å². The van der Waals surface area contributed by atoms with Crippen LogP contribution in [0.1, 0.15) is 12.0 Å². The maximum absolute atomic E-state index is 11.7. The molecule has 1 amide bonds. The van der Waals surface area contributed by atoms with Crippen LogP contribution in [0.15, 0.2) is 23.1 Å². The summed E-state index contributed by atoms with van der Waals surface area (Å²) in [5.41, 5.74) is 7.59. The first-order valence-corrected chi connectivity index (χ1v) is 6.42. The zero-order valence-electron chi connectivity index (χ0n) is 9.40. The lowest BCUT2D eigenvalue weighted by Gasteiger charge is -2.30. The van der Waals surface area contributed by atoms with Crippen molar-refractivity contribution in [1.82, 2.24) is 4.90 Å². The van der Waals surface area contributed by atoms with E-state index in [0.29, 0.717) is 5.75 Å². The minimum Gasteiger partial charge on any atom is -0.399 e. The summed E-state index contributed by atoms with van der Waals surface area (Å²) in [6.07, 6.45) is 1.15. The SMILES string of the molecule is Cc1cc(N)ccc1SCC(=O)N1CCC1. The van der Waals surface area contributed by atoms with Crippen LogP contribution in [0.4, 0.5) is 5.69 Å². The molecule has 0 aromatic heterocycles. The Bertz CT molecular complexity index is 402. The topological polar surface area (TPSA) is 46.3 Å². The van der Waals surface area contributed by atoms with Crippen molar-refractivity contribution in [3.63, 3.8) is 0 Å². The van der Waals surface area contributed by atoms with Crippen molar-refractivity contribution in [2.45, 2.75) is 18.2 Å². The minimum atomic E-state index is 0.243. The van der Waals surface area contributed by atoms with E-state index in [2.05, 4.69) is 0 Å². The number of nitrogens with zero attached hydrogens (tertiary/aromatic N) is 1. The van der Waals surface area contributed by atoms with Crippen LogP contribution in [0.3, 0.4) is 0 Å². The Hall–Kier alpha value is -1.16. The molecule has 4 heteroatoms. The van der Waals surface area contributed by atoms with Crippen molar-refractivity contribution >= 4 is 23.4 Å². The summed E-state index contributed by atoms with van der Waals surface area (Å²) in [7, 11) is 0. The van der Waals surface area contributed by atoms with E-state index in [9.17, 15) is 4.79 Å². The lowest BCUT2D eigenvalue weighted by atomic mass is 10.2. The monoisotopic (exact) mass is 236 g/mol. The molecule has 1 aromatic carbocycles. The summed E-state index contributed by atoms with van der Waals surface area (Å²) in [6, 6.07) is 5.80. The number of amides is 1. The van der Waals surface area contributed by atoms with Gasteiger partial charge >= 0.3 is 0 Å². The fraction of sp³-hybridized carbons (Fsp3) is 0.417. The number of hydrogen-bond donors (Lipinski definition) is 1. The number of aryl methyl sites for hydroxylation is 1. The zero-order chi connectivity index (χ0) is 11.5. The predicted octanol–water partition coefficient (Wildman–Crippen LogP) is 1.90. The number of benzene rings is 1. The summed E-state index contributed by atoms with van der Waals surface area (Å²) in [5, 5.41) is 0.